The van der Waals surface area contributed by atoms with Gasteiger partial charge in [-0.05, 0) is 13.8 Å². The summed E-state index contributed by atoms with van der Waals surface area (Å²) < 4.78 is 5.69. The Morgan fingerprint density at radius 3 is 2.75 bits per heavy atom. The Bertz CT molecular complexity index is 474. The van der Waals surface area contributed by atoms with Crippen LogP contribution in [-0.2, 0) is 18.0 Å². The molecule has 0 bridgehead atoms. The van der Waals surface area contributed by atoms with Crippen molar-refractivity contribution in [3.05, 3.63) is 27.0 Å². The number of aromatic amines is 1. The monoisotopic (exact) mass is 238 g/mol. The highest BCUT2D eigenvalue weighted by atomic mass is 32.1. The highest BCUT2D eigenvalue weighted by Crippen LogP contribution is 2.16. The Morgan fingerprint density at radius 1 is 1.56 bits per heavy atom. The number of ether oxygens (including phenoxy) is 1. The number of nitrogens with one attached hydrogen (secondary N) is 1. The first-order valence-electron chi connectivity index (χ1n) is 4.99. The lowest BCUT2D eigenvalue weighted by Gasteiger charge is -2.11. The zero-order valence-corrected chi connectivity index (χ0v) is 10.1. The van der Waals surface area contributed by atoms with Crippen molar-refractivity contribution in [2.45, 2.75) is 27.1 Å². The molecule has 0 aliphatic rings. The van der Waals surface area contributed by atoms with Crippen LogP contribution in [0.2, 0.25) is 0 Å². The van der Waals surface area contributed by atoms with Gasteiger partial charge < -0.3 is 14.8 Å². The number of rotatable bonds is 4. The van der Waals surface area contributed by atoms with E-state index in [9.17, 15) is 5.11 Å². The van der Waals surface area contributed by atoms with Gasteiger partial charge in [0.25, 0.3) is 0 Å². The summed E-state index contributed by atoms with van der Waals surface area (Å²) in [6.45, 7) is 4.44. The molecule has 5 heteroatoms. The van der Waals surface area contributed by atoms with Gasteiger partial charge in [0, 0.05) is 23.6 Å². The van der Waals surface area contributed by atoms with Gasteiger partial charge in [-0.25, -0.2) is 0 Å². The largest absolute Gasteiger partial charge is 0.392 e. The van der Waals surface area contributed by atoms with E-state index in [2.05, 4.69) is 4.98 Å². The van der Waals surface area contributed by atoms with E-state index in [4.69, 9.17) is 22.2 Å². The lowest BCUT2D eigenvalue weighted by atomic mass is 10.1. The highest BCUT2D eigenvalue weighted by Gasteiger charge is 2.10. The number of H-pyrrole nitrogens is 1. The van der Waals surface area contributed by atoms with Gasteiger partial charge >= 0.3 is 0 Å². The standard InChI is InChI=1S/C11H14N2O2S/c1-3-15-6-10-9(5-14)11(16)8(4-12)7(2)13-10/h14H,3,5-6H2,1-2H3,(H,13,16). The van der Waals surface area contributed by atoms with E-state index in [1.54, 1.807) is 6.92 Å². The van der Waals surface area contributed by atoms with Crippen LogP contribution in [0.4, 0.5) is 0 Å². The second-order valence-electron chi connectivity index (χ2n) is 3.32. The van der Waals surface area contributed by atoms with Crippen molar-refractivity contribution in [3.8, 4) is 6.07 Å². The van der Waals surface area contributed by atoms with Gasteiger partial charge in [-0.1, -0.05) is 12.2 Å². The number of aryl methyl sites for hydroxylation is 1. The van der Waals surface area contributed by atoms with E-state index in [1.807, 2.05) is 13.0 Å². The minimum absolute atomic E-state index is 0.188. The molecule has 0 aliphatic heterocycles. The number of aliphatic hydroxyl groups is 1. The molecule has 1 aromatic heterocycles. The fourth-order valence-electron chi connectivity index (χ4n) is 1.45. The zero-order valence-electron chi connectivity index (χ0n) is 9.33. The number of nitriles is 1. The fourth-order valence-corrected chi connectivity index (χ4v) is 1.84. The van der Waals surface area contributed by atoms with Gasteiger partial charge in [0.05, 0.1) is 23.3 Å². The zero-order chi connectivity index (χ0) is 12.1. The van der Waals surface area contributed by atoms with Crippen molar-refractivity contribution >= 4 is 12.2 Å². The van der Waals surface area contributed by atoms with Crippen LogP contribution >= 0.6 is 12.2 Å². The number of aromatic nitrogens is 1. The predicted octanol–water partition coefficient (Wildman–Crippen LogP) is 1.95. The van der Waals surface area contributed by atoms with Crippen molar-refractivity contribution in [2.24, 2.45) is 0 Å². The Morgan fingerprint density at radius 2 is 2.25 bits per heavy atom. The van der Waals surface area contributed by atoms with Crippen LogP contribution in [0.15, 0.2) is 0 Å². The van der Waals surface area contributed by atoms with Gasteiger partial charge in [0.15, 0.2) is 0 Å². The van der Waals surface area contributed by atoms with Crippen LogP contribution in [0, 0.1) is 22.8 Å². The second kappa shape index (κ2) is 5.75. The summed E-state index contributed by atoms with van der Waals surface area (Å²) in [7, 11) is 0. The van der Waals surface area contributed by atoms with Crippen molar-refractivity contribution in [3.63, 3.8) is 0 Å². The number of aliphatic hydroxyl groups excluding tert-OH is 1. The van der Waals surface area contributed by atoms with Crippen LogP contribution in [0.5, 0.6) is 0 Å². The van der Waals surface area contributed by atoms with E-state index in [-0.39, 0.29) is 6.61 Å². The summed E-state index contributed by atoms with van der Waals surface area (Å²) in [4.78, 5) is 3.05. The predicted molar refractivity (Wildman–Crippen MR) is 62.3 cm³/mol. The first-order valence-corrected chi connectivity index (χ1v) is 5.39. The number of hydrogen-bond acceptors (Lipinski definition) is 4. The number of hydrogen-bond donors (Lipinski definition) is 2. The van der Waals surface area contributed by atoms with Gasteiger partial charge in [0.2, 0.25) is 0 Å². The van der Waals surface area contributed by atoms with Crippen LogP contribution < -0.4 is 0 Å². The van der Waals surface area contributed by atoms with Crippen molar-refractivity contribution in [1.82, 2.24) is 4.98 Å². The van der Waals surface area contributed by atoms with E-state index in [0.29, 0.717) is 34.5 Å². The van der Waals surface area contributed by atoms with E-state index in [0.717, 1.165) is 5.69 Å². The van der Waals surface area contributed by atoms with Crippen LogP contribution in [0.25, 0.3) is 0 Å². The van der Waals surface area contributed by atoms with E-state index < -0.39 is 0 Å². The summed E-state index contributed by atoms with van der Waals surface area (Å²) in [6.07, 6.45) is 0. The van der Waals surface area contributed by atoms with Crippen LogP contribution in [0.1, 0.15) is 29.4 Å². The van der Waals surface area contributed by atoms with Crippen molar-refractivity contribution < 1.29 is 9.84 Å². The molecule has 1 heterocycles. The summed E-state index contributed by atoms with van der Waals surface area (Å²) in [5.74, 6) is 0. The molecule has 0 saturated heterocycles. The average Bonchev–Trinajstić information content (AvgIpc) is 2.26. The first-order chi connectivity index (χ1) is 7.65. The topological polar surface area (TPSA) is 69.0 Å². The number of pyridine rings is 1. The SMILES string of the molecule is CCOCc1[nH]c(C)c(C#N)c(=S)c1CO. The molecule has 2 N–H and O–H groups in total. The minimum atomic E-state index is -0.188. The molecule has 1 rings (SSSR count). The smallest absolute Gasteiger partial charge is 0.102 e. The quantitative estimate of drug-likeness (QED) is 0.787. The molecular weight excluding hydrogens is 224 g/mol. The molecule has 0 fully saturated rings. The fraction of sp³-hybridized carbons (Fsp3) is 0.455. The van der Waals surface area contributed by atoms with Crippen molar-refractivity contribution in [1.29, 1.82) is 5.26 Å². The second-order valence-corrected chi connectivity index (χ2v) is 3.73. The lowest BCUT2D eigenvalue weighted by molar-refractivity contribution is 0.129. The van der Waals surface area contributed by atoms with E-state index in [1.165, 1.54) is 0 Å². The van der Waals surface area contributed by atoms with Crippen LogP contribution in [-0.4, -0.2) is 16.7 Å². The van der Waals surface area contributed by atoms with Gasteiger partial charge in [0.1, 0.15) is 6.07 Å². The molecule has 86 valence electrons. The molecule has 0 aliphatic carbocycles. The molecule has 16 heavy (non-hydrogen) atoms. The summed E-state index contributed by atoms with van der Waals surface area (Å²) in [5, 5.41) is 18.2. The third kappa shape index (κ3) is 2.47. The normalized spacial score (nSPS) is 10.1. The maximum absolute atomic E-state index is 9.26. The maximum Gasteiger partial charge on any atom is 0.102 e. The Labute approximate surface area is 99.5 Å². The van der Waals surface area contributed by atoms with E-state index >= 15 is 0 Å². The molecule has 0 saturated carbocycles. The van der Waals surface area contributed by atoms with Crippen molar-refractivity contribution in [2.75, 3.05) is 6.61 Å². The first kappa shape index (κ1) is 12.8. The highest BCUT2D eigenvalue weighted by molar-refractivity contribution is 7.71. The Kier molecular flexibility index (Phi) is 4.62. The van der Waals surface area contributed by atoms with Gasteiger partial charge in [-0.15, -0.1) is 0 Å². The third-order valence-corrected chi connectivity index (χ3v) is 2.75. The number of nitrogens with zero attached hydrogens (tertiary/aromatic N) is 1. The molecule has 0 aromatic carbocycles. The third-order valence-electron chi connectivity index (χ3n) is 2.30. The molecule has 0 spiro atoms. The maximum atomic E-state index is 9.26. The molecule has 0 radical (unpaired) electrons. The van der Waals surface area contributed by atoms with Gasteiger partial charge in [-0.3, -0.25) is 0 Å². The van der Waals surface area contributed by atoms with Gasteiger partial charge in [-0.2, -0.15) is 5.26 Å². The minimum Gasteiger partial charge on any atom is -0.392 e. The summed E-state index contributed by atoms with van der Waals surface area (Å²) >= 11 is 5.16. The molecular formula is C11H14N2O2S. The Balaban J connectivity index is 3.31. The Hall–Kier alpha value is -1.22. The molecule has 4 nitrogen and oxygen atoms in total. The van der Waals surface area contributed by atoms with Crippen LogP contribution in [0.3, 0.4) is 0 Å². The summed E-state index contributed by atoms with van der Waals surface area (Å²) in [6, 6.07) is 2.03. The molecule has 1 aromatic rings. The molecule has 0 amide bonds. The summed E-state index contributed by atoms with van der Waals surface area (Å²) in [5.41, 5.74) is 2.44. The molecule has 0 atom stereocenters. The lowest BCUT2D eigenvalue weighted by Crippen LogP contribution is -2.06. The average molecular weight is 238 g/mol. The molecule has 0 unspecified atom stereocenters.